The third kappa shape index (κ3) is 4.12. The van der Waals surface area contributed by atoms with E-state index in [4.69, 9.17) is 16.3 Å². The number of ether oxygens (including phenoxy) is 1. The smallest absolute Gasteiger partial charge is 0.125 e. The number of rotatable bonds is 5. The zero-order valence-electron chi connectivity index (χ0n) is 10.4. The molecule has 2 rings (SSSR count). The predicted octanol–water partition coefficient (Wildman–Crippen LogP) is 3.92. The molecule has 0 aliphatic rings. The Kier molecular flexibility index (Phi) is 5.01. The normalized spacial score (nSPS) is 10.8. The summed E-state index contributed by atoms with van der Waals surface area (Å²) in [7, 11) is 0. The van der Waals surface area contributed by atoms with Crippen LogP contribution in [-0.4, -0.2) is 11.7 Å². The van der Waals surface area contributed by atoms with Gasteiger partial charge in [-0.2, -0.15) is 0 Å². The van der Waals surface area contributed by atoms with Crippen LogP contribution in [0.5, 0.6) is 5.75 Å². The van der Waals surface area contributed by atoms with Gasteiger partial charge in [0.05, 0.1) is 6.61 Å². The Morgan fingerprint density at radius 2 is 1.89 bits per heavy atom. The van der Waals surface area contributed by atoms with Crippen LogP contribution in [0.3, 0.4) is 0 Å². The number of halogens is 1. The minimum absolute atomic E-state index is 0.0850. The molecule has 0 radical (unpaired) electrons. The highest BCUT2D eigenvalue weighted by atomic mass is 35.5. The van der Waals surface area contributed by atoms with Crippen molar-refractivity contribution in [2.75, 3.05) is 6.61 Å². The van der Waals surface area contributed by atoms with Gasteiger partial charge in [0.25, 0.3) is 0 Å². The molecule has 3 heteroatoms. The summed E-state index contributed by atoms with van der Waals surface area (Å²) in [6.07, 6.45) is 3.93. The zero-order valence-corrected chi connectivity index (χ0v) is 11.2. The Balaban J connectivity index is 1.94. The quantitative estimate of drug-likeness (QED) is 0.895. The number of hydrogen-bond acceptors (Lipinski definition) is 2. The molecular weight excluding hydrogens is 260 g/mol. The van der Waals surface area contributed by atoms with Crippen molar-refractivity contribution in [3.63, 3.8) is 0 Å². The van der Waals surface area contributed by atoms with Crippen molar-refractivity contribution < 1.29 is 9.84 Å². The Morgan fingerprint density at radius 1 is 1.11 bits per heavy atom. The highest BCUT2D eigenvalue weighted by Gasteiger charge is 2.02. The van der Waals surface area contributed by atoms with Crippen molar-refractivity contribution in [1.82, 2.24) is 0 Å². The van der Waals surface area contributed by atoms with Crippen molar-refractivity contribution in [2.45, 2.75) is 6.61 Å². The van der Waals surface area contributed by atoms with Crippen LogP contribution >= 0.6 is 11.6 Å². The maximum atomic E-state index is 9.22. The number of hydrogen-bond donors (Lipinski definition) is 1. The molecule has 0 spiro atoms. The van der Waals surface area contributed by atoms with E-state index in [0.717, 1.165) is 5.56 Å². The Hall–Kier alpha value is -1.77. The molecule has 0 bridgehead atoms. The van der Waals surface area contributed by atoms with Crippen LogP contribution in [-0.2, 0) is 6.61 Å². The van der Waals surface area contributed by atoms with Crippen LogP contribution in [0.1, 0.15) is 11.1 Å². The summed E-state index contributed by atoms with van der Waals surface area (Å²) < 4.78 is 5.60. The summed E-state index contributed by atoms with van der Waals surface area (Å²) in [5.41, 5.74) is 1.82. The van der Waals surface area contributed by atoms with Crippen molar-refractivity contribution in [3.05, 3.63) is 70.8 Å². The maximum Gasteiger partial charge on any atom is 0.125 e. The van der Waals surface area contributed by atoms with Crippen LogP contribution in [0.2, 0.25) is 5.02 Å². The summed E-state index contributed by atoms with van der Waals surface area (Å²) in [6, 6.07) is 15.2. The van der Waals surface area contributed by atoms with Gasteiger partial charge in [0, 0.05) is 10.6 Å². The van der Waals surface area contributed by atoms with Gasteiger partial charge in [0.1, 0.15) is 12.4 Å². The van der Waals surface area contributed by atoms with Crippen LogP contribution < -0.4 is 4.74 Å². The average Bonchev–Trinajstić information content (AvgIpc) is 2.46. The summed E-state index contributed by atoms with van der Waals surface area (Å²) in [4.78, 5) is 0. The molecule has 0 aliphatic carbocycles. The second-order valence-electron chi connectivity index (χ2n) is 4.03. The predicted molar refractivity (Wildman–Crippen MR) is 78.3 cm³/mol. The molecule has 0 saturated carbocycles. The van der Waals surface area contributed by atoms with Crippen molar-refractivity contribution in [3.8, 4) is 5.75 Å². The second kappa shape index (κ2) is 6.98. The van der Waals surface area contributed by atoms with Gasteiger partial charge in [-0.1, -0.05) is 48.0 Å². The van der Waals surface area contributed by atoms with Crippen LogP contribution in [0.15, 0.2) is 54.6 Å². The molecule has 0 amide bonds. The van der Waals surface area contributed by atoms with Crippen LogP contribution in [0.25, 0.3) is 6.08 Å². The van der Waals surface area contributed by atoms with Gasteiger partial charge in [0.15, 0.2) is 0 Å². The molecule has 19 heavy (non-hydrogen) atoms. The van der Waals surface area contributed by atoms with E-state index < -0.39 is 0 Å². The fourth-order valence-corrected chi connectivity index (χ4v) is 1.89. The van der Waals surface area contributed by atoms with E-state index in [9.17, 15) is 5.11 Å². The van der Waals surface area contributed by atoms with Crippen molar-refractivity contribution >= 4 is 17.7 Å². The summed E-state index contributed by atoms with van der Waals surface area (Å²) in [5, 5.41) is 9.81. The minimum Gasteiger partial charge on any atom is -0.489 e. The highest BCUT2D eigenvalue weighted by molar-refractivity contribution is 6.30. The molecule has 0 fully saturated rings. The molecule has 0 heterocycles. The molecule has 98 valence electrons. The number of benzene rings is 2. The lowest BCUT2D eigenvalue weighted by Crippen LogP contribution is -1.97. The van der Waals surface area contributed by atoms with E-state index in [-0.39, 0.29) is 6.61 Å². The van der Waals surface area contributed by atoms with E-state index in [2.05, 4.69) is 0 Å². The van der Waals surface area contributed by atoms with E-state index in [1.165, 1.54) is 0 Å². The molecule has 0 aliphatic heterocycles. The Morgan fingerprint density at radius 3 is 2.63 bits per heavy atom. The largest absolute Gasteiger partial charge is 0.489 e. The number of aliphatic hydroxyl groups is 1. The topological polar surface area (TPSA) is 29.5 Å². The van der Waals surface area contributed by atoms with Crippen molar-refractivity contribution in [2.24, 2.45) is 0 Å². The monoisotopic (exact) mass is 274 g/mol. The Labute approximate surface area is 117 Å². The summed E-state index contributed by atoms with van der Waals surface area (Å²) in [6.45, 7) is 0.363. The fraction of sp³-hybridized carbons (Fsp3) is 0.125. The summed E-state index contributed by atoms with van der Waals surface area (Å²) >= 11 is 5.86. The molecule has 0 saturated heterocycles. The van der Waals surface area contributed by atoms with Gasteiger partial charge in [-0.15, -0.1) is 0 Å². The molecule has 2 aromatic carbocycles. The van der Waals surface area contributed by atoms with Crippen LogP contribution in [0, 0.1) is 0 Å². The van der Waals surface area contributed by atoms with E-state index in [1.807, 2.05) is 42.5 Å². The first kappa shape index (κ1) is 13.7. The lowest BCUT2D eigenvalue weighted by Gasteiger charge is -2.08. The molecule has 0 unspecified atom stereocenters. The number of aliphatic hydroxyl groups excluding tert-OH is 1. The van der Waals surface area contributed by atoms with Gasteiger partial charge in [-0.25, -0.2) is 0 Å². The molecule has 2 nitrogen and oxygen atoms in total. The average molecular weight is 275 g/mol. The first-order valence-electron chi connectivity index (χ1n) is 6.03. The van der Waals surface area contributed by atoms with Gasteiger partial charge in [0.2, 0.25) is 0 Å². The molecular formula is C16H15ClO2. The van der Waals surface area contributed by atoms with Crippen LogP contribution in [0.4, 0.5) is 0 Å². The standard InChI is InChI=1S/C16H15ClO2/c17-15-8-9-16(14(11-15)12-18)19-10-4-7-13-5-2-1-3-6-13/h1-9,11,18H,10,12H2/b7-4+. The first-order chi connectivity index (χ1) is 9.29. The minimum atomic E-state index is -0.0850. The van der Waals surface area contributed by atoms with Gasteiger partial charge < -0.3 is 9.84 Å². The SMILES string of the molecule is OCc1cc(Cl)ccc1OC/C=C/c1ccccc1. The lowest BCUT2D eigenvalue weighted by molar-refractivity contribution is 0.270. The molecule has 0 atom stereocenters. The van der Waals surface area contributed by atoms with E-state index >= 15 is 0 Å². The maximum absolute atomic E-state index is 9.22. The first-order valence-corrected chi connectivity index (χ1v) is 6.41. The molecule has 0 aromatic heterocycles. The lowest BCUT2D eigenvalue weighted by atomic mass is 10.2. The highest BCUT2D eigenvalue weighted by Crippen LogP contribution is 2.22. The third-order valence-corrected chi connectivity index (χ3v) is 2.87. The second-order valence-corrected chi connectivity index (χ2v) is 4.47. The van der Waals surface area contributed by atoms with Gasteiger partial charge in [-0.05, 0) is 29.8 Å². The zero-order chi connectivity index (χ0) is 13.5. The van der Waals surface area contributed by atoms with Gasteiger partial charge in [-0.3, -0.25) is 0 Å². The van der Waals surface area contributed by atoms with Crippen molar-refractivity contribution in [1.29, 1.82) is 0 Å². The van der Waals surface area contributed by atoms with Gasteiger partial charge >= 0.3 is 0 Å². The fourth-order valence-electron chi connectivity index (χ4n) is 1.70. The van der Waals surface area contributed by atoms with E-state index in [1.54, 1.807) is 18.2 Å². The van der Waals surface area contributed by atoms with E-state index in [0.29, 0.717) is 22.9 Å². The molecule has 1 N–H and O–H groups in total. The Bertz CT molecular complexity index is 550. The molecule has 2 aromatic rings. The third-order valence-electron chi connectivity index (χ3n) is 2.64. The summed E-state index contributed by atoms with van der Waals surface area (Å²) in [5.74, 6) is 0.657.